The van der Waals surface area contributed by atoms with Gasteiger partial charge in [-0.1, -0.05) is 0 Å². The normalized spacial score (nSPS) is 9.62. The number of hydrogen-bond acceptors (Lipinski definition) is 4. The molecule has 13 heavy (non-hydrogen) atoms. The van der Waals surface area contributed by atoms with Gasteiger partial charge in [0, 0.05) is 0 Å². The Bertz CT molecular complexity index is 166. The lowest BCUT2D eigenvalue weighted by molar-refractivity contribution is -0.144. The molecule has 0 spiro atoms. The van der Waals surface area contributed by atoms with Crippen molar-refractivity contribution >= 4 is 11.9 Å². The molecule has 0 radical (unpaired) electrons. The second-order valence-corrected chi connectivity index (χ2v) is 2.31. The molecule has 0 heterocycles. The van der Waals surface area contributed by atoms with Gasteiger partial charge in [0.15, 0.2) is 0 Å². The third-order valence-corrected chi connectivity index (χ3v) is 1.22. The molecular weight excluding hydrogens is 176 g/mol. The maximum absolute atomic E-state index is 10.7. The Morgan fingerprint density at radius 3 is 2.38 bits per heavy atom. The second-order valence-electron chi connectivity index (χ2n) is 2.31. The number of carbonyl (C=O) groups is 2. The second kappa shape index (κ2) is 7.54. The molecule has 0 aliphatic carbocycles. The average Bonchev–Trinajstić information content (AvgIpc) is 2.03. The van der Waals surface area contributed by atoms with Crippen molar-refractivity contribution in [1.82, 2.24) is 0 Å². The molecule has 0 amide bonds. The first-order chi connectivity index (χ1) is 6.16. The summed E-state index contributed by atoms with van der Waals surface area (Å²) in [5, 5.41) is 8.23. The molecule has 1 N–H and O–H groups in total. The summed E-state index contributed by atoms with van der Waals surface area (Å²) in [6.45, 7) is 2.43. The van der Waals surface area contributed by atoms with Crippen LogP contribution in [0.2, 0.25) is 0 Å². The van der Waals surface area contributed by atoms with E-state index in [0.717, 1.165) is 0 Å². The van der Waals surface area contributed by atoms with E-state index in [-0.39, 0.29) is 32.0 Å². The topological polar surface area (TPSA) is 72.8 Å². The van der Waals surface area contributed by atoms with E-state index < -0.39 is 5.97 Å². The van der Waals surface area contributed by atoms with Crippen LogP contribution < -0.4 is 0 Å². The Hall–Kier alpha value is -1.10. The molecule has 0 atom stereocenters. The van der Waals surface area contributed by atoms with Crippen LogP contribution in [0, 0.1) is 0 Å². The number of carbonyl (C=O) groups excluding carboxylic acids is 1. The molecule has 76 valence electrons. The molecule has 0 unspecified atom stereocenters. The Kier molecular flexibility index (Phi) is 6.91. The van der Waals surface area contributed by atoms with Crippen LogP contribution in [0.4, 0.5) is 0 Å². The summed E-state index contributed by atoms with van der Waals surface area (Å²) in [6.07, 6.45) is 0.135. The van der Waals surface area contributed by atoms with Gasteiger partial charge in [0.2, 0.25) is 0 Å². The monoisotopic (exact) mass is 190 g/mol. The molecule has 0 aromatic carbocycles. The van der Waals surface area contributed by atoms with E-state index in [2.05, 4.69) is 4.74 Å². The fraction of sp³-hybridized carbons (Fsp3) is 0.750. The van der Waals surface area contributed by atoms with Crippen molar-refractivity contribution in [3.63, 3.8) is 0 Å². The quantitative estimate of drug-likeness (QED) is 0.465. The van der Waals surface area contributed by atoms with E-state index in [4.69, 9.17) is 9.84 Å². The first kappa shape index (κ1) is 11.9. The SMILES string of the molecule is CCOC(=O)CCOCCC(=O)O. The summed E-state index contributed by atoms with van der Waals surface area (Å²) in [4.78, 5) is 20.7. The van der Waals surface area contributed by atoms with Gasteiger partial charge in [-0.05, 0) is 6.92 Å². The lowest BCUT2D eigenvalue weighted by Crippen LogP contribution is -2.09. The molecular formula is C8H14O5. The highest BCUT2D eigenvalue weighted by molar-refractivity contribution is 5.69. The summed E-state index contributed by atoms with van der Waals surface area (Å²) < 4.78 is 9.51. The van der Waals surface area contributed by atoms with Gasteiger partial charge in [0.25, 0.3) is 0 Å². The molecule has 5 heteroatoms. The number of rotatable bonds is 7. The Labute approximate surface area is 76.6 Å². The number of carboxylic acids is 1. The number of aliphatic carboxylic acids is 1. The lowest BCUT2D eigenvalue weighted by Gasteiger charge is -2.02. The lowest BCUT2D eigenvalue weighted by atomic mass is 10.4. The predicted molar refractivity (Wildman–Crippen MR) is 44.3 cm³/mol. The molecule has 0 saturated heterocycles. The van der Waals surface area contributed by atoms with E-state index in [0.29, 0.717) is 6.61 Å². The van der Waals surface area contributed by atoms with Gasteiger partial charge in [0.1, 0.15) is 0 Å². The predicted octanol–water partition coefficient (Wildman–Crippen LogP) is 0.431. The number of carboxylic acid groups (broad SMARTS) is 1. The minimum Gasteiger partial charge on any atom is -0.481 e. The molecule has 0 aromatic heterocycles. The fourth-order valence-electron chi connectivity index (χ4n) is 0.650. The van der Waals surface area contributed by atoms with Gasteiger partial charge >= 0.3 is 11.9 Å². The van der Waals surface area contributed by atoms with Crippen molar-refractivity contribution in [1.29, 1.82) is 0 Å². The third kappa shape index (κ3) is 8.81. The van der Waals surface area contributed by atoms with Crippen molar-refractivity contribution in [3.05, 3.63) is 0 Å². The van der Waals surface area contributed by atoms with Crippen LogP contribution >= 0.6 is 0 Å². The minimum absolute atomic E-state index is 0.0389. The number of esters is 1. The standard InChI is InChI=1S/C8H14O5/c1-2-13-8(11)4-6-12-5-3-7(9)10/h2-6H2,1H3,(H,9,10). The van der Waals surface area contributed by atoms with Gasteiger partial charge in [-0.3, -0.25) is 9.59 Å². The van der Waals surface area contributed by atoms with Crippen molar-refractivity contribution < 1.29 is 24.2 Å². The molecule has 0 aromatic rings. The number of hydrogen-bond donors (Lipinski definition) is 1. The molecule has 0 bridgehead atoms. The van der Waals surface area contributed by atoms with E-state index in [9.17, 15) is 9.59 Å². The van der Waals surface area contributed by atoms with Crippen molar-refractivity contribution in [2.45, 2.75) is 19.8 Å². The third-order valence-electron chi connectivity index (χ3n) is 1.22. The van der Waals surface area contributed by atoms with E-state index >= 15 is 0 Å². The Morgan fingerprint density at radius 1 is 1.23 bits per heavy atom. The van der Waals surface area contributed by atoms with Crippen LogP contribution in [0.25, 0.3) is 0 Å². The summed E-state index contributed by atoms with van der Waals surface area (Å²) in [7, 11) is 0. The van der Waals surface area contributed by atoms with Gasteiger partial charge < -0.3 is 14.6 Å². The molecule has 0 saturated carbocycles. The van der Waals surface area contributed by atoms with Gasteiger partial charge in [-0.25, -0.2) is 0 Å². The van der Waals surface area contributed by atoms with Crippen LogP contribution in [0.15, 0.2) is 0 Å². The van der Waals surface area contributed by atoms with Crippen LogP contribution in [0.1, 0.15) is 19.8 Å². The Morgan fingerprint density at radius 2 is 1.85 bits per heavy atom. The first-order valence-corrected chi connectivity index (χ1v) is 4.12. The maximum Gasteiger partial charge on any atom is 0.308 e. The summed E-state index contributed by atoms with van der Waals surface area (Å²) in [5.74, 6) is -1.23. The van der Waals surface area contributed by atoms with E-state index in [1.165, 1.54) is 0 Å². The molecule has 0 aliphatic heterocycles. The molecule has 0 rings (SSSR count). The zero-order valence-electron chi connectivity index (χ0n) is 7.62. The smallest absolute Gasteiger partial charge is 0.308 e. The van der Waals surface area contributed by atoms with Crippen LogP contribution in [0.5, 0.6) is 0 Å². The molecule has 5 nitrogen and oxygen atoms in total. The summed E-state index contributed by atoms with van der Waals surface area (Å²) >= 11 is 0. The zero-order chi connectivity index (χ0) is 10.1. The average molecular weight is 190 g/mol. The highest BCUT2D eigenvalue weighted by Gasteiger charge is 2.01. The fourth-order valence-corrected chi connectivity index (χ4v) is 0.650. The van der Waals surface area contributed by atoms with Crippen LogP contribution in [-0.2, 0) is 19.1 Å². The summed E-state index contributed by atoms with van der Waals surface area (Å²) in [6, 6.07) is 0. The van der Waals surface area contributed by atoms with Gasteiger partial charge in [-0.2, -0.15) is 0 Å². The number of ether oxygens (including phenoxy) is 2. The van der Waals surface area contributed by atoms with E-state index in [1.807, 2.05) is 0 Å². The van der Waals surface area contributed by atoms with Crippen molar-refractivity contribution in [2.24, 2.45) is 0 Å². The summed E-state index contributed by atoms with van der Waals surface area (Å²) in [5.41, 5.74) is 0. The van der Waals surface area contributed by atoms with Gasteiger partial charge in [0.05, 0.1) is 32.7 Å². The highest BCUT2D eigenvalue weighted by atomic mass is 16.5. The molecule has 0 fully saturated rings. The van der Waals surface area contributed by atoms with Crippen LogP contribution in [-0.4, -0.2) is 36.9 Å². The van der Waals surface area contributed by atoms with Crippen LogP contribution in [0.3, 0.4) is 0 Å². The zero-order valence-corrected chi connectivity index (χ0v) is 7.62. The highest BCUT2D eigenvalue weighted by Crippen LogP contribution is 1.89. The maximum atomic E-state index is 10.7. The first-order valence-electron chi connectivity index (χ1n) is 4.12. The van der Waals surface area contributed by atoms with Gasteiger partial charge in [-0.15, -0.1) is 0 Å². The molecule has 0 aliphatic rings. The largest absolute Gasteiger partial charge is 0.481 e. The van der Waals surface area contributed by atoms with E-state index in [1.54, 1.807) is 6.92 Å². The van der Waals surface area contributed by atoms with Crippen molar-refractivity contribution in [3.8, 4) is 0 Å². The van der Waals surface area contributed by atoms with Crippen molar-refractivity contribution in [2.75, 3.05) is 19.8 Å². The Balaban J connectivity index is 3.16. The minimum atomic E-state index is -0.906.